The van der Waals surface area contributed by atoms with Gasteiger partial charge in [-0.25, -0.2) is 0 Å². The lowest BCUT2D eigenvalue weighted by molar-refractivity contribution is 0.0931. The van der Waals surface area contributed by atoms with E-state index in [0.29, 0.717) is 17.3 Å². The minimum atomic E-state index is -0.479. The lowest BCUT2D eigenvalue weighted by atomic mass is 10.1. The Morgan fingerprint density at radius 2 is 1.83 bits per heavy atom. The molecule has 2 heterocycles. The fourth-order valence-electron chi connectivity index (χ4n) is 2.24. The van der Waals surface area contributed by atoms with Gasteiger partial charge < -0.3 is 14.3 Å². The van der Waals surface area contributed by atoms with Crippen molar-refractivity contribution in [3.63, 3.8) is 0 Å². The largest absolute Gasteiger partial charge is 0.423 e. The SMILES string of the molecule is Cc1cc(C)n(C)c(=O)c1C(=O)N[C@H](C)c1nnc(C(C)C)o1. The predicted octanol–water partition coefficient (Wildman–Crippen LogP) is 2.00. The maximum atomic E-state index is 12.5. The minimum Gasteiger partial charge on any atom is -0.423 e. The quantitative estimate of drug-likeness (QED) is 0.931. The van der Waals surface area contributed by atoms with Crippen molar-refractivity contribution in [1.82, 2.24) is 20.1 Å². The number of carbonyl (C=O) groups is 1. The first-order valence-electron chi connectivity index (χ1n) is 7.53. The molecule has 1 N–H and O–H groups in total. The Labute approximate surface area is 134 Å². The Hall–Kier alpha value is -2.44. The molecule has 0 saturated heterocycles. The number of hydrogen-bond donors (Lipinski definition) is 1. The molecule has 0 spiro atoms. The van der Waals surface area contributed by atoms with E-state index in [1.165, 1.54) is 4.57 Å². The Bertz CT molecular complexity index is 789. The van der Waals surface area contributed by atoms with Gasteiger partial charge in [0.1, 0.15) is 11.6 Å². The summed E-state index contributed by atoms with van der Waals surface area (Å²) in [6.07, 6.45) is 0. The van der Waals surface area contributed by atoms with E-state index in [2.05, 4.69) is 15.5 Å². The zero-order chi connectivity index (χ0) is 17.3. The topological polar surface area (TPSA) is 90.0 Å². The zero-order valence-corrected chi connectivity index (χ0v) is 14.3. The summed E-state index contributed by atoms with van der Waals surface area (Å²) in [4.78, 5) is 24.8. The van der Waals surface area contributed by atoms with Crippen LogP contribution in [0, 0.1) is 13.8 Å². The minimum absolute atomic E-state index is 0.116. The van der Waals surface area contributed by atoms with Gasteiger partial charge in [0.25, 0.3) is 11.5 Å². The van der Waals surface area contributed by atoms with Crippen LogP contribution in [0.1, 0.15) is 66.1 Å². The molecule has 2 rings (SSSR count). The summed E-state index contributed by atoms with van der Waals surface area (Å²) in [5.41, 5.74) is 1.26. The van der Waals surface area contributed by atoms with Crippen LogP contribution in [0.4, 0.5) is 0 Å². The molecule has 0 saturated carbocycles. The number of aromatic nitrogens is 3. The molecule has 0 fully saturated rings. The smallest absolute Gasteiger partial charge is 0.263 e. The van der Waals surface area contributed by atoms with E-state index >= 15 is 0 Å². The van der Waals surface area contributed by atoms with Crippen LogP contribution in [-0.2, 0) is 7.05 Å². The second-order valence-electron chi connectivity index (χ2n) is 6.04. The molecular weight excluding hydrogens is 296 g/mol. The van der Waals surface area contributed by atoms with Crippen molar-refractivity contribution in [3.8, 4) is 0 Å². The van der Waals surface area contributed by atoms with E-state index in [4.69, 9.17) is 4.42 Å². The van der Waals surface area contributed by atoms with Crippen LogP contribution in [0.2, 0.25) is 0 Å². The Kier molecular flexibility index (Phi) is 4.68. The first-order valence-corrected chi connectivity index (χ1v) is 7.53. The number of hydrogen-bond acceptors (Lipinski definition) is 5. The van der Waals surface area contributed by atoms with Crippen LogP contribution in [-0.4, -0.2) is 20.7 Å². The van der Waals surface area contributed by atoms with Crippen molar-refractivity contribution < 1.29 is 9.21 Å². The van der Waals surface area contributed by atoms with Crippen LogP contribution in [0.3, 0.4) is 0 Å². The second kappa shape index (κ2) is 6.36. The van der Waals surface area contributed by atoms with E-state index in [1.807, 2.05) is 26.8 Å². The lowest BCUT2D eigenvalue weighted by Crippen LogP contribution is -2.35. The normalized spacial score (nSPS) is 12.5. The van der Waals surface area contributed by atoms with Crippen LogP contribution in [0.5, 0.6) is 0 Å². The highest BCUT2D eigenvalue weighted by Crippen LogP contribution is 2.17. The third-order valence-electron chi connectivity index (χ3n) is 3.76. The summed E-state index contributed by atoms with van der Waals surface area (Å²) in [5.74, 6) is 0.512. The van der Waals surface area contributed by atoms with Gasteiger partial charge in [-0.2, -0.15) is 0 Å². The molecule has 0 aliphatic heterocycles. The van der Waals surface area contributed by atoms with Gasteiger partial charge in [-0.15, -0.1) is 10.2 Å². The van der Waals surface area contributed by atoms with E-state index < -0.39 is 11.9 Å². The zero-order valence-electron chi connectivity index (χ0n) is 14.3. The summed E-state index contributed by atoms with van der Waals surface area (Å²) >= 11 is 0. The van der Waals surface area contributed by atoms with Crippen molar-refractivity contribution in [2.24, 2.45) is 7.05 Å². The van der Waals surface area contributed by atoms with Gasteiger partial charge in [0.05, 0.1) is 0 Å². The van der Waals surface area contributed by atoms with E-state index in [1.54, 1.807) is 20.9 Å². The monoisotopic (exact) mass is 318 g/mol. The van der Waals surface area contributed by atoms with Gasteiger partial charge in [0.15, 0.2) is 0 Å². The number of nitrogens with one attached hydrogen (secondary N) is 1. The van der Waals surface area contributed by atoms with Gasteiger partial charge in [-0.1, -0.05) is 13.8 Å². The highest BCUT2D eigenvalue weighted by molar-refractivity contribution is 5.95. The van der Waals surface area contributed by atoms with E-state index in [0.717, 1.165) is 5.69 Å². The molecule has 1 amide bonds. The molecule has 2 aromatic heterocycles. The molecule has 7 heteroatoms. The van der Waals surface area contributed by atoms with Crippen molar-refractivity contribution >= 4 is 5.91 Å². The molecule has 0 aliphatic rings. The lowest BCUT2D eigenvalue weighted by Gasteiger charge is -2.13. The van der Waals surface area contributed by atoms with Crippen LogP contribution in [0.25, 0.3) is 0 Å². The van der Waals surface area contributed by atoms with E-state index in [-0.39, 0.29) is 17.0 Å². The first kappa shape index (κ1) is 16.9. The molecule has 0 bridgehead atoms. The number of aryl methyl sites for hydroxylation is 2. The number of rotatable bonds is 4. The second-order valence-corrected chi connectivity index (χ2v) is 6.04. The maximum Gasteiger partial charge on any atom is 0.263 e. The summed E-state index contributed by atoms with van der Waals surface area (Å²) in [7, 11) is 1.64. The Morgan fingerprint density at radius 1 is 1.22 bits per heavy atom. The van der Waals surface area contributed by atoms with Crippen molar-refractivity contribution in [3.05, 3.63) is 45.0 Å². The van der Waals surface area contributed by atoms with Crippen molar-refractivity contribution in [2.75, 3.05) is 0 Å². The molecule has 0 unspecified atom stereocenters. The molecule has 0 aromatic carbocycles. The Morgan fingerprint density at radius 3 is 2.39 bits per heavy atom. The fourth-order valence-corrected chi connectivity index (χ4v) is 2.24. The van der Waals surface area contributed by atoms with Gasteiger partial charge in [-0.05, 0) is 32.4 Å². The highest BCUT2D eigenvalue weighted by Gasteiger charge is 2.22. The summed E-state index contributed by atoms with van der Waals surface area (Å²) in [6.45, 7) is 9.20. The van der Waals surface area contributed by atoms with Crippen LogP contribution >= 0.6 is 0 Å². The maximum absolute atomic E-state index is 12.5. The fraction of sp³-hybridized carbons (Fsp3) is 0.500. The molecule has 23 heavy (non-hydrogen) atoms. The van der Waals surface area contributed by atoms with Crippen LogP contribution in [0.15, 0.2) is 15.3 Å². The van der Waals surface area contributed by atoms with Crippen LogP contribution < -0.4 is 10.9 Å². The molecule has 7 nitrogen and oxygen atoms in total. The van der Waals surface area contributed by atoms with Gasteiger partial charge in [0.2, 0.25) is 11.8 Å². The van der Waals surface area contributed by atoms with Crippen molar-refractivity contribution in [1.29, 1.82) is 0 Å². The third-order valence-corrected chi connectivity index (χ3v) is 3.76. The summed E-state index contributed by atoms with van der Waals surface area (Å²) < 4.78 is 6.98. The van der Waals surface area contributed by atoms with E-state index in [9.17, 15) is 9.59 Å². The molecule has 1 atom stereocenters. The molecule has 0 radical (unpaired) electrons. The number of amides is 1. The van der Waals surface area contributed by atoms with Gasteiger partial charge in [-0.3, -0.25) is 9.59 Å². The predicted molar refractivity (Wildman–Crippen MR) is 85.4 cm³/mol. The molecule has 2 aromatic rings. The molecule has 124 valence electrons. The standard InChI is InChI=1S/C16H22N4O3/c1-8(2)14-18-19-15(23-14)11(5)17-13(21)12-9(3)7-10(4)20(6)16(12)22/h7-8,11H,1-6H3,(H,17,21)/t11-/m1/s1. The highest BCUT2D eigenvalue weighted by atomic mass is 16.4. The van der Waals surface area contributed by atoms with Crippen molar-refractivity contribution in [2.45, 2.75) is 46.6 Å². The van der Waals surface area contributed by atoms with Gasteiger partial charge in [0, 0.05) is 18.7 Å². The average molecular weight is 318 g/mol. The average Bonchev–Trinajstić information content (AvgIpc) is 2.95. The molecule has 0 aliphatic carbocycles. The number of nitrogens with zero attached hydrogens (tertiary/aromatic N) is 3. The summed E-state index contributed by atoms with van der Waals surface area (Å²) in [5, 5.41) is 10.6. The van der Waals surface area contributed by atoms with Gasteiger partial charge >= 0.3 is 0 Å². The number of pyridine rings is 1. The molecular formula is C16H22N4O3. The third kappa shape index (κ3) is 3.33. The first-order chi connectivity index (χ1) is 10.7. The summed E-state index contributed by atoms with van der Waals surface area (Å²) in [6, 6.07) is 1.33. The number of carbonyl (C=O) groups excluding carboxylic acids is 1. The Balaban J connectivity index is 2.25.